The summed E-state index contributed by atoms with van der Waals surface area (Å²) in [5, 5.41) is 9.47. The third-order valence-electron chi connectivity index (χ3n) is 3.01. The summed E-state index contributed by atoms with van der Waals surface area (Å²) in [6.07, 6.45) is 1.29. The van der Waals surface area contributed by atoms with Gasteiger partial charge in [-0.05, 0) is 18.9 Å². The molecule has 1 fully saturated rings. The van der Waals surface area contributed by atoms with E-state index in [-0.39, 0.29) is 28.3 Å². The lowest BCUT2D eigenvalue weighted by Gasteiger charge is -2.30. The lowest BCUT2D eigenvalue weighted by Crippen LogP contribution is -2.42. The highest BCUT2D eigenvalue weighted by atomic mass is 35.5. The second kappa shape index (κ2) is 5.20. The van der Waals surface area contributed by atoms with Crippen LogP contribution < -0.4 is 0 Å². The zero-order valence-corrected chi connectivity index (χ0v) is 11.0. The van der Waals surface area contributed by atoms with Gasteiger partial charge in [-0.3, -0.25) is 9.59 Å². The number of H-pyrrole nitrogens is 1. The Morgan fingerprint density at radius 1 is 1.44 bits per heavy atom. The van der Waals surface area contributed by atoms with Crippen LogP contribution in [0.15, 0.2) is 6.07 Å². The van der Waals surface area contributed by atoms with Crippen molar-refractivity contribution in [2.75, 3.05) is 13.1 Å². The Bertz CT molecular complexity index is 467. The molecule has 2 N–H and O–H groups in total. The predicted molar refractivity (Wildman–Crippen MR) is 67.1 cm³/mol. The van der Waals surface area contributed by atoms with Gasteiger partial charge in [-0.1, -0.05) is 23.2 Å². The highest BCUT2D eigenvalue weighted by molar-refractivity contribution is 6.41. The molecule has 0 bridgehead atoms. The number of carbonyl (C=O) groups is 2. The first-order chi connectivity index (χ1) is 8.49. The maximum Gasteiger partial charge on any atom is 0.308 e. The molecule has 98 valence electrons. The second-order valence-electron chi connectivity index (χ2n) is 4.27. The topological polar surface area (TPSA) is 73.4 Å². The number of aliphatic carboxylic acids is 1. The van der Waals surface area contributed by atoms with Crippen LogP contribution in [0.2, 0.25) is 10.2 Å². The van der Waals surface area contributed by atoms with E-state index >= 15 is 0 Å². The van der Waals surface area contributed by atoms with Gasteiger partial charge in [-0.15, -0.1) is 0 Å². The van der Waals surface area contributed by atoms with Gasteiger partial charge in [0.05, 0.1) is 10.9 Å². The standard InChI is InChI=1S/C11H12Cl2N2O3/c12-7-4-8(14-9(7)13)10(16)15-3-1-2-6(5-15)11(17)18/h4,6,14H,1-3,5H2,(H,17,18)/t6-/m0/s1. The fourth-order valence-electron chi connectivity index (χ4n) is 2.05. The number of nitrogens with one attached hydrogen (secondary N) is 1. The van der Waals surface area contributed by atoms with E-state index in [2.05, 4.69) is 4.98 Å². The summed E-state index contributed by atoms with van der Waals surface area (Å²) in [6.45, 7) is 0.777. The Kier molecular flexibility index (Phi) is 3.82. The molecule has 1 saturated heterocycles. The van der Waals surface area contributed by atoms with Gasteiger partial charge in [-0.2, -0.15) is 0 Å². The van der Waals surface area contributed by atoms with Crippen LogP contribution in [0.1, 0.15) is 23.3 Å². The molecule has 1 aliphatic heterocycles. The van der Waals surface area contributed by atoms with E-state index in [0.717, 1.165) is 0 Å². The molecule has 0 unspecified atom stereocenters. The number of rotatable bonds is 2. The van der Waals surface area contributed by atoms with Crippen LogP contribution in [-0.4, -0.2) is 40.0 Å². The number of halogens is 2. The highest BCUT2D eigenvalue weighted by Crippen LogP contribution is 2.24. The first kappa shape index (κ1) is 13.2. The van der Waals surface area contributed by atoms with Gasteiger partial charge in [0.25, 0.3) is 5.91 Å². The Labute approximate surface area is 114 Å². The molecule has 1 aliphatic rings. The second-order valence-corrected chi connectivity index (χ2v) is 5.06. The van der Waals surface area contributed by atoms with E-state index in [1.54, 1.807) is 0 Å². The molecule has 1 aromatic heterocycles. The van der Waals surface area contributed by atoms with Gasteiger partial charge in [0.2, 0.25) is 0 Å². The van der Waals surface area contributed by atoms with Crippen LogP contribution in [0.3, 0.4) is 0 Å². The molecular formula is C11H12Cl2N2O3. The monoisotopic (exact) mass is 290 g/mol. The number of likely N-dealkylation sites (tertiary alicyclic amines) is 1. The van der Waals surface area contributed by atoms with Crippen molar-refractivity contribution in [3.63, 3.8) is 0 Å². The summed E-state index contributed by atoms with van der Waals surface area (Å²) >= 11 is 11.5. The van der Waals surface area contributed by atoms with Crippen LogP contribution in [0.5, 0.6) is 0 Å². The molecule has 0 spiro atoms. The Hall–Kier alpha value is -1.20. The molecule has 18 heavy (non-hydrogen) atoms. The number of aromatic nitrogens is 1. The normalized spacial score (nSPS) is 19.9. The van der Waals surface area contributed by atoms with Crippen LogP contribution in [0.25, 0.3) is 0 Å². The summed E-state index contributed by atoms with van der Waals surface area (Å²) in [5.41, 5.74) is 0.288. The summed E-state index contributed by atoms with van der Waals surface area (Å²) in [5.74, 6) is -1.63. The third-order valence-corrected chi connectivity index (χ3v) is 3.71. The number of aromatic amines is 1. The molecule has 0 radical (unpaired) electrons. The minimum absolute atomic E-state index is 0.215. The van der Waals surface area contributed by atoms with Gasteiger partial charge in [-0.25, -0.2) is 0 Å². The lowest BCUT2D eigenvalue weighted by atomic mass is 9.98. The minimum Gasteiger partial charge on any atom is -0.481 e. The maximum atomic E-state index is 12.1. The summed E-state index contributed by atoms with van der Waals surface area (Å²) in [6, 6.07) is 1.45. The molecule has 0 aliphatic carbocycles. The van der Waals surface area contributed by atoms with E-state index in [1.807, 2.05) is 0 Å². The van der Waals surface area contributed by atoms with Crippen LogP contribution in [0.4, 0.5) is 0 Å². The summed E-state index contributed by atoms with van der Waals surface area (Å²) in [7, 11) is 0. The number of hydrogen-bond acceptors (Lipinski definition) is 2. The van der Waals surface area contributed by atoms with Gasteiger partial charge < -0.3 is 15.0 Å². The SMILES string of the molecule is O=C(O)[C@H]1CCCN(C(=O)c2cc(Cl)c(Cl)[nH]2)C1. The highest BCUT2D eigenvalue weighted by Gasteiger charge is 2.29. The minimum atomic E-state index is -0.866. The van der Waals surface area contributed by atoms with E-state index in [4.69, 9.17) is 28.3 Å². The molecule has 0 saturated carbocycles. The van der Waals surface area contributed by atoms with Crippen LogP contribution in [0, 0.1) is 5.92 Å². The largest absolute Gasteiger partial charge is 0.481 e. The fraction of sp³-hybridized carbons (Fsp3) is 0.455. The van der Waals surface area contributed by atoms with Crippen molar-refractivity contribution in [2.45, 2.75) is 12.8 Å². The number of piperidine rings is 1. The maximum absolute atomic E-state index is 12.1. The third kappa shape index (κ3) is 2.62. The first-order valence-electron chi connectivity index (χ1n) is 5.55. The van der Waals surface area contributed by atoms with E-state index in [9.17, 15) is 9.59 Å². The number of amides is 1. The van der Waals surface area contributed by atoms with Crippen molar-refractivity contribution in [3.8, 4) is 0 Å². The number of carboxylic acids is 1. The summed E-state index contributed by atoms with van der Waals surface area (Å²) in [4.78, 5) is 27.2. The smallest absolute Gasteiger partial charge is 0.308 e. The molecule has 2 rings (SSSR count). The molecular weight excluding hydrogens is 279 g/mol. The van der Waals surface area contributed by atoms with Crippen molar-refractivity contribution in [1.82, 2.24) is 9.88 Å². The van der Waals surface area contributed by atoms with Crippen molar-refractivity contribution >= 4 is 35.1 Å². The van der Waals surface area contributed by atoms with Crippen molar-refractivity contribution in [3.05, 3.63) is 21.9 Å². The molecule has 0 aromatic carbocycles. The van der Waals surface area contributed by atoms with Gasteiger partial charge >= 0.3 is 5.97 Å². The van der Waals surface area contributed by atoms with Crippen LogP contribution in [-0.2, 0) is 4.79 Å². The van der Waals surface area contributed by atoms with Gasteiger partial charge in [0.15, 0.2) is 0 Å². The molecule has 5 nitrogen and oxygen atoms in total. The molecule has 1 aromatic rings. The molecule has 7 heteroatoms. The Morgan fingerprint density at radius 2 is 2.17 bits per heavy atom. The zero-order valence-electron chi connectivity index (χ0n) is 9.45. The fourth-order valence-corrected chi connectivity index (χ4v) is 2.37. The molecule has 1 amide bonds. The van der Waals surface area contributed by atoms with Gasteiger partial charge in [0, 0.05) is 13.1 Å². The first-order valence-corrected chi connectivity index (χ1v) is 6.30. The zero-order chi connectivity index (χ0) is 13.3. The van der Waals surface area contributed by atoms with E-state index < -0.39 is 11.9 Å². The predicted octanol–water partition coefficient (Wildman–Crippen LogP) is 2.26. The van der Waals surface area contributed by atoms with E-state index in [1.165, 1.54) is 11.0 Å². The number of carboxylic acid groups (broad SMARTS) is 1. The van der Waals surface area contributed by atoms with Gasteiger partial charge in [0.1, 0.15) is 10.8 Å². The van der Waals surface area contributed by atoms with Crippen molar-refractivity contribution in [1.29, 1.82) is 0 Å². The lowest BCUT2D eigenvalue weighted by molar-refractivity contribution is -0.143. The Balaban J connectivity index is 2.11. The van der Waals surface area contributed by atoms with Crippen molar-refractivity contribution in [2.24, 2.45) is 5.92 Å². The molecule has 2 heterocycles. The van der Waals surface area contributed by atoms with Crippen LogP contribution >= 0.6 is 23.2 Å². The molecule has 1 atom stereocenters. The Morgan fingerprint density at radius 3 is 2.72 bits per heavy atom. The quantitative estimate of drug-likeness (QED) is 0.877. The van der Waals surface area contributed by atoms with E-state index in [0.29, 0.717) is 19.4 Å². The average Bonchev–Trinajstić information content (AvgIpc) is 2.69. The summed E-state index contributed by atoms with van der Waals surface area (Å²) < 4.78 is 0. The average molecular weight is 291 g/mol. The van der Waals surface area contributed by atoms with Crippen molar-refractivity contribution < 1.29 is 14.7 Å². The number of carbonyl (C=O) groups excluding carboxylic acids is 1. The number of nitrogens with zero attached hydrogens (tertiary/aromatic N) is 1. The number of hydrogen-bond donors (Lipinski definition) is 2.